The molecular weight excluding hydrogens is 178 g/mol. The van der Waals surface area contributed by atoms with Crippen LogP contribution in [0.1, 0.15) is 25.2 Å². The molecule has 4 nitrogen and oxygen atoms in total. The Bertz CT molecular complexity index is 304. The Hall–Kier alpha value is -1.32. The standard InChI is InChI=1S/C10H17N3O/c1-7(2)6-11-10(14)5-9-4-8(3)12-13-9/h4,7H,5-6H2,1-3H3,(H,11,14)(H,12,13). The molecule has 14 heavy (non-hydrogen) atoms. The van der Waals surface area contributed by atoms with E-state index < -0.39 is 0 Å². The molecule has 0 spiro atoms. The maximum atomic E-state index is 11.4. The molecule has 0 radical (unpaired) electrons. The van der Waals surface area contributed by atoms with E-state index in [1.165, 1.54) is 0 Å². The number of carbonyl (C=O) groups excluding carboxylic acids is 1. The molecule has 0 fully saturated rings. The molecule has 1 heterocycles. The summed E-state index contributed by atoms with van der Waals surface area (Å²) in [6.07, 6.45) is 0.358. The molecule has 1 aromatic heterocycles. The molecule has 0 atom stereocenters. The van der Waals surface area contributed by atoms with Gasteiger partial charge in [-0.3, -0.25) is 9.89 Å². The lowest BCUT2D eigenvalue weighted by Gasteiger charge is -2.05. The van der Waals surface area contributed by atoms with Gasteiger partial charge in [-0.1, -0.05) is 13.8 Å². The Morgan fingerprint density at radius 3 is 2.86 bits per heavy atom. The number of carbonyl (C=O) groups is 1. The van der Waals surface area contributed by atoms with Crippen LogP contribution in [0.2, 0.25) is 0 Å². The second-order valence-corrected chi connectivity index (χ2v) is 3.92. The topological polar surface area (TPSA) is 57.8 Å². The van der Waals surface area contributed by atoms with Crippen molar-refractivity contribution in [1.29, 1.82) is 0 Å². The van der Waals surface area contributed by atoms with Crippen molar-refractivity contribution in [3.05, 3.63) is 17.5 Å². The molecule has 0 unspecified atom stereocenters. The molecule has 0 aromatic carbocycles. The maximum Gasteiger partial charge on any atom is 0.226 e. The lowest BCUT2D eigenvalue weighted by molar-refractivity contribution is -0.120. The Morgan fingerprint density at radius 1 is 1.64 bits per heavy atom. The summed E-state index contributed by atoms with van der Waals surface area (Å²) in [6.45, 7) is 6.78. The number of hydrogen-bond donors (Lipinski definition) is 2. The minimum Gasteiger partial charge on any atom is -0.356 e. The normalized spacial score (nSPS) is 10.6. The summed E-state index contributed by atoms with van der Waals surface area (Å²) in [7, 11) is 0. The average Bonchev–Trinajstić information content (AvgIpc) is 2.48. The first-order chi connectivity index (χ1) is 6.58. The fraction of sp³-hybridized carbons (Fsp3) is 0.600. The van der Waals surface area contributed by atoms with Crippen molar-refractivity contribution < 1.29 is 4.79 Å². The van der Waals surface area contributed by atoms with Crippen LogP contribution in [0.5, 0.6) is 0 Å². The number of nitrogens with one attached hydrogen (secondary N) is 2. The molecule has 0 aliphatic heterocycles. The largest absolute Gasteiger partial charge is 0.356 e. The van der Waals surface area contributed by atoms with Gasteiger partial charge in [0.2, 0.25) is 5.91 Å². The number of H-pyrrole nitrogens is 1. The average molecular weight is 195 g/mol. The summed E-state index contributed by atoms with van der Waals surface area (Å²) in [5, 5.41) is 9.65. The van der Waals surface area contributed by atoms with Crippen molar-refractivity contribution in [3.8, 4) is 0 Å². The van der Waals surface area contributed by atoms with E-state index in [0.29, 0.717) is 12.3 Å². The zero-order valence-corrected chi connectivity index (χ0v) is 8.92. The van der Waals surface area contributed by atoms with Crippen molar-refractivity contribution in [1.82, 2.24) is 15.5 Å². The lowest BCUT2D eigenvalue weighted by Crippen LogP contribution is -2.28. The first kappa shape index (κ1) is 10.8. The Morgan fingerprint density at radius 2 is 2.36 bits per heavy atom. The zero-order valence-electron chi connectivity index (χ0n) is 8.92. The van der Waals surface area contributed by atoms with Gasteiger partial charge >= 0.3 is 0 Å². The van der Waals surface area contributed by atoms with Crippen molar-refractivity contribution in [2.24, 2.45) is 5.92 Å². The van der Waals surface area contributed by atoms with Gasteiger partial charge in [-0.05, 0) is 18.9 Å². The van der Waals surface area contributed by atoms with Gasteiger partial charge < -0.3 is 5.32 Å². The maximum absolute atomic E-state index is 11.4. The highest BCUT2D eigenvalue weighted by atomic mass is 16.1. The van der Waals surface area contributed by atoms with Crippen molar-refractivity contribution in [2.45, 2.75) is 27.2 Å². The number of aromatic nitrogens is 2. The van der Waals surface area contributed by atoms with Gasteiger partial charge in [-0.15, -0.1) is 0 Å². The summed E-state index contributed by atoms with van der Waals surface area (Å²) in [5.41, 5.74) is 1.78. The molecule has 78 valence electrons. The lowest BCUT2D eigenvalue weighted by atomic mass is 10.2. The smallest absolute Gasteiger partial charge is 0.226 e. The first-order valence-electron chi connectivity index (χ1n) is 4.85. The molecule has 0 bridgehead atoms. The summed E-state index contributed by atoms with van der Waals surface area (Å²) in [4.78, 5) is 11.4. The number of nitrogens with zero attached hydrogens (tertiary/aromatic N) is 1. The molecule has 1 aromatic rings. The van der Waals surface area contributed by atoms with Crippen LogP contribution >= 0.6 is 0 Å². The third-order valence-corrected chi connectivity index (χ3v) is 1.81. The van der Waals surface area contributed by atoms with Crippen LogP contribution in [-0.4, -0.2) is 22.6 Å². The fourth-order valence-electron chi connectivity index (χ4n) is 1.11. The highest BCUT2D eigenvalue weighted by Crippen LogP contribution is 1.98. The summed E-state index contributed by atoms with van der Waals surface area (Å²) < 4.78 is 0. The summed E-state index contributed by atoms with van der Waals surface area (Å²) in [6, 6.07) is 1.88. The van der Waals surface area contributed by atoms with Crippen LogP contribution in [-0.2, 0) is 11.2 Å². The molecule has 2 N–H and O–H groups in total. The fourth-order valence-corrected chi connectivity index (χ4v) is 1.11. The zero-order chi connectivity index (χ0) is 10.6. The van der Waals surface area contributed by atoms with Crippen LogP contribution in [0.25, 0.3) is 0 Å². The SMILES string of the molecule is Cc1cc(CC(=O)NCC(C)C)n[nH]1. The molecular formula is C10H17N3O. The second-order valence-electron chi connectivity index (χ2n) is 3.92. The van der Waals surface area contributed by atoms with Gasteiger partial charge in [-0.25, -0.2) is 0 Å². The summed E-state index contributed by atoms with van der Waals surface area (Å²) >= 11 is 0. The number of hydrogen-bond acceptors (Lipinski definition) is 2. The Labute approximate surface area is 84.1 Å². The van der Waals surface area contributed by atoms with E-state index in [1.807, 2.05) is 13.0 Å². The number of rotatable bonds is 4. The van der Waals surface area contributed by atoms with Crippen LogP contribution < -0.4 is 5.32 Å². The molecule has 0 saturated carbocycles. The highest BCUT2D eigenvalue weighted by Gasteiger charge is 2.05. The monoisotopic (exact) mass is 195 g/mol. The van der Waals surface area contributed by atoms with E-state index in [9.17, 15) is 4.79 Å². The van der Waals surface area contributed by atoms with Gasteiger partial charge in [0.25, 0.3) is 0 Å². The van der Waals surface area contributed by atoms with E-state index in [1.54, 1.807) is 0 Å². The van der Waals surface area contributed by atoms with E-state index in [4.69, 9.17) is 0 Å². The van der Waals surface area contributed by atoms with Crippen molar-refractivity contribution >= 4 is 5.91 Å². The van der Waals surface area contributed by atoms with Crippen LogP contribution in [0.3, 0.4) is 0 Å². The minimum atomic E-state index is 0.0326. The molecule has 0 aliphatic rings. The predicted molar refractivity (Wildman–Crippen MR) is 54.9 cm³/mol. The van der Waals surface area contributed by atoms with Gasteiger partial charge in [0, 0.05) is 12.2 Å². The van der Waals surface area contributed by atoms with Gasteiger partial charge in [-0.2, -0.15) is 5.10 Å². The van der Waals surface area contributed by atoms with Crippen LogP contribution in [0, 0.1) is 12.8 Å². The summed E-state index contributed by atoms with van der Waals surface area (Å²) in [5.74, 6) is 0.519. The van der Waals surface area contributed by atoms with E-state index in [-0.39, 0.29) is 5.91 Å². The Balaban J connectivity index is 2.34. The third kappa shape index (κ3) is 3.60. The van der Waals surface area contributed by atoms with Crippen LogP contribution in [0.15, 0.2) is 6.07 Å². The van der Waals surface area contributed by atoms with E-state index in [0.717, 1.165) is 17.9 Å². The molecule has 1 rings (SSSR count). The first-order valence-corrected chi connectivity index (χ1v) is 4.85. The molecule has 4 heteroatoms. The molecule has 0 saturated heterocycles. The van der Waals surface area contributed by atoms with Gasteiger partial charge in [0.15, 0.2) is 0 Å². The quantitative estimate of drug-likeness (QED) is 0.754. The van der Waals surface area contributed by atoms with E-state index in [2.05, 4.69) is 29.4 Å². The second kappa shape index (κ2) is 4.79. The predicted octanol–water partition coefficient (Wildman–Crippen LogP) is 1.03. The molecule has 1 amide bonds. The van der Waals surface area contributed by atoms with Gasteiger partial charge in [0.05, 0.1) is 12.1 Å². The number of aryl methyl sites for hydroxylation is 1. The molecule has 0 aliphatic carbocycles. The Kier molecular flexibility index (Phi) is 3.68. The number of amides is 1. The van der Waals surface area contributed by atoms with Crippen molar-refractivity contribution in [2.75, 3.05) is 6.54 Å². The van der Waals surface area contributed by atoms with E-state index >= 15 is 0 Å². The van der Waals surface area contributed by atoms with Crippen molar-refractivity contribution in [3.63, 3.8) is 0 Å². The minimum absolute atomic E-state index is 0.0326. The van der Waals surface area contributed by atoms with Crippen LogP contribution in [0.4, 0.5) is 0 Å². The number of aromatic amines is 1. The highest BCUT2D eigenvalue weighted by molar-refractivity contribution is 5.78. The third-order valence-electron chi connectivity index (χ3n) is 1.81. The van der Waals surface area contributed by atoms with Gasteiger partial charge in [0.1, 0.15) is 0 Å².